The lowest BCUT2D eigenvalue weighted by Crippen LogP contribution is -2.63. The van der Waals surface area contributed by atoms with Crippen molar-refractivity contribution >= 4 is 16.4 Å². The summed E-state index contributed by atoms with van der Waals surface area (Å²) in [5.74, 6) is -14.9. The highest BCUT2D eigenvalue weighted by molar-refractivity contribution is 7.87. The summed E-state index contributed by atoms with van der Waals surface area (Å²) >= 11 is 0. The molecule has 0 aromatic heterocycles. The van der Waals surface area contributed by atoms with Gasteiger partial charge in [0.15, 0.2) is 0 Å². The molecule has 0 unspecified atom stereocenters. The molecule has 0 atom stereocenters. The van der Waals surface area contributed by atoms with Crippen molar-refractivity contribution in [1.82, 2.24) is 0 Å². The van der Waals surface area contributed by atoms with Gasteiger partial charge in [-0.05, 0) is 4.53 Å². The summed E-state index contributed by atoms with van der Waals surface area (Å²) in [4.78, 5) is 10.0. The van der Waals surface area contributed by atoms with Gasteiger partial charge in [0.1, 0.15) is 6.29 Å². The fraction of sp³-hybridized carbons (Fsp3) is 0.364. The van der Waals surface area contributed by atoms with Gasteiger partial charge in [-0.2, -0.15) is 47.9 Å². The number of benzene rings is 1. The van der Waals surface area contributed by atoms with Gasteiger partial charge in [0.25, 0.3) is 0 Å². The van der Waals surface area contributed by atoms with Crippen LogP contribution in [0.5, 0.6) is 0 Å². The van der Waals surface area contributed by atoms with Gasteiger partial charge < -0.3 is 0 Å². The van der Waals surface area contributed by atoms with E-state index in [2.05, 4.69) is 0 Å². The Labute approximate surface area is 138 Å². The molecule has 0 N–H and O–H groups in total. The third kappa shape index (κ3) is 4.44. The molecule has 0 fully saturated rings. The van der Waals surface area contributed by atoms with Crippen LogP contribution in [0.25, 0.3) is 0 Å². The quantitative estimate of drug-likeness (QED) is 0.527. The molecule has 15 heteroatoms. The standard InChI is InChI=1S/C7H6O.C4F10O3S/c8-6-7-4-2-1-3-5-7;5-1(6,3(9,10)11)2(7,8)4(12,13)18(15,16)17-14/h1-6H;. The zero-order valence-electron chi connectivity index (χ0n) is 11.8. The highest BCUT2D eigenvalue weighted by Gasteiger charge is 2.86. The van der Waals surface area contributed by atoms with E-state index in [1.807, 2.05) is 18.2 Å². The van der Waals surface area contributed by atoms with Crippen LogP contribution < -0.4 is 0 Å². The van der Waals surface area contributed by atoms with E-state index in [0.717, 1.165) is 11.8 Å². The Morgan fingerprint density at radius 2 is 1.23 bits per heavy atom. The predicted octanol–water partition coefficient (Wildman–Crippen LogP) is 4.14. The Balaban J connectivity index is 0.000000642. The number of aldehydes is 1. The minimum Gasteiger partial charge on any atom is -0.298 e. The summed E-state index contributed by atoms with van der Waals surface area (Å²) in [5, 5.41) is -7.15. The van der Waals surface area contributed by atoms with Crippen molar-refractivity contribution < 1.29 is 61.6 Å². The molecule has 0 amide bonds. The number of hydrogen-bond acceptors (Lipinski definition) is 4. The lowest BCUT2D eigenvalue weighted by Gasteiger charge is -2.31. The molecule has 1 aromatic carbocycles. The molecular weight excluding hydrogens is 418 g/mol. The SMILES string of the molecule is O=Cc1ccccc1.O=S(=O)(OF)C(F)(F)C(F)(F)C(F)(F)C(F)(F)F. The molecular formula is C11H6F10O4S. The second-order valence-electron chi connectivity index (χ2n) is 4.21. The smallest absolute Gasteiger partial charge is 0.298 e. The first kappa shape index (κ1) is 24.1. The number of alkyl halides is 9. The highest BCUT2D eigenvalue weighted by Crippen LogP contribution is 2.54. The summed E-state index contributed by atoms with van der Waals surface area (Å²) in [6, 6.07) is 9.10. The van der Waals surface area contributed by atoms with Gasteiger partial charge in [-0.1, -0.05) is 34.7 Å². The van der Waals surface area contributed by atoms with Gasteiger partial charge in [0.05, 0.1) is 0 Å². The van der Waals surface area contributed by atoms with Crippen molar-refractivity contribution in [3.63, 3.8) is 0 Å². The zero-order chi connectivity index (χ0) is 21.0. The number of hydrogen-bond donors (Lipinski definition) is 0. The monoisotopic (exact) mass is 424 g/mol. The van der Waals surface area contributed by atoms with Crippen LogP contribution in [0.4, 0.5) is 44.0 Å². The van der Waals surface area contributed by atoms with Crippen molar-refractivity contribution in [3.05, 3.63) is 35.9 Å². The highest BCUT2D eigenvalue weighted by atomic mass is 32.2. The minimum absolute atomic E-state index is 0.729. The molecule has 0 aliphatic rings. The zero-order valence-corrected chi connectivity index (χ0v) is 12.6. The van der Waals surface area contributed by atoms with Crippen molar-refractivity contribution in [2.45, 2.75) is 23.3 Å². The molecule has 0 heterocycles. The molecule has 0 bridgehead atoms. The Kier molecular flexibility index (Phi) is 7.20. The normalized spacial score (nSPS) is 13.6. The Morgan fingerprint density at radius 3 is 1.50 bits per heavy atom. The molecule has 1 aromatic rings. The summed E-state index contributed by atoms with van der Waals surface area (Å²) in [5.41, 5.74) is 0.729. The average molecular weight is 424 g/mol. The van der Waals surface area contributed by atoms with Gasteiger partial charge in [-0.3, -0.25) is 4.79 Å². The molecule has 0 aliphatic heterocycles. The summed E-state index contributed by atoms with van der Waals surface area (Å²) in [6.45, 7) is 0. The molecule has 0 saturated carbocycles. The van der Waals surface area contributed by atoms with E-state index < -0.39 is 33.4 Å². The van der Waals surface area contributed by atoms with E-state index in [9.17, 15) is 57.3 Å². The van der Waals surface area contributed by atoms with Crippen LogP contribution in [0, 0.1) is 0 Å². The van der Waals surface area contributed by atoms with Crippen LogP contribution in [0.2, 0.25) is 0 Å². The maximum absolute atomic E-state index is 12.3. The van der Waals surface area contributed by atoms with Crippen LogP contribution in [-0.4, -0.2) is 38.0 Å². The number of carbonyl (C=O) groups is 1. The first-order valence-corrected chi connectivity index (χ1v) is 7.15. The first-order chi connectivity index (χ1) is 11.5. The second kappa shape index (κ2) is 7.77. The Bertz CT molecular complexity index is 699. The van der Waals surface area contributed by atoms with E-state index in [4.69, 9.17) is 0 Å². The lowest BCUT2D eigenvalue weighted by molar-refractivity contribution is -0.383. The van der Waals surface area contributed by atoms with E-state index in [1.54, 1.807) is 12.1 Å². The van der Waals surface area contributed by atoms with Crippen LogP contribution in [-0.2, 0) is 14.5 Å². The van der Waals surface area contributed by atoms with Gasteiger partial charge in [-0.15, -0.1) is 0 Å². The van der Waals surface area contributed by atoms with Crippen molar-refractivity contribution in [3.8, 4) is 0 Å². The van der Waals surface area contributed by atoms with Gasteiger partial charge in [0.2, 0.25) is 0 Å². The fourth-order valence-corrected chi connectivity index (χ4v) is 1.61. The van der Waals surface area contributed by atoms with E-state index >= 15 is 0 Å². The molecule has 0 radical (unpaired) electrons. The Morgan fingerprint density at radius 1 is 0.808 bits per heavy atom. The molecule has 0 spiro atoms. The van der Waals surface area contributed by atoms with Gasteiger partial charge in [-0.25, -0.2) is 0 Å². The van der Waals surface area contributed by atoms with Crippen LogP contribution in [0.1, 0.15) is 10.4 Å². The van der Waals surface area contributed by atoms with Crippen molar-refractivity contribution in [1.29, 1.82) is 0 Å². The fourth-order valence-electron chi connectivity index (χ4n) is 1.09. The van der Waals surface area contributed by atoms with Crippen molar-refractivity contribution in [2.24, 2.45) is 0 Å². The van der Waals surface area contributed by atoms with Crippen LogP contribution >= 0.6 is 0 Å². The van der Waals surface area contributed by atoms with E-state index in [0.29, 0.717) is 0 Å². The van der Waals surface area contributed by atoms with Crippen LogP contribution in [0.15, 0.2) is 30.3 Å². The number of halogens is 10. The molecule has 0 aliphatic carbocycles. The predicted molar refractivity (Wildman–Crippen MR) is 63.8 cm³/mol. The third-order valence-electron chi connectivity index (χ3n) is 2.45. The number of carbonyl (C=O) groups excluding carboxylic acids is 1. The number of rotatable bonds is 5. The largest absolute Gasteiger partial charge is 0.460 e. The second-order valence-corrected chi connectivity index (χ2v) is 5.76. The molecule has 1 rings (SSSR count). The molecule has 150 valence electrons. The van der Waals surface area contributed by atoms with Gasteiger partial charge in [0, 0.05) is 5.56 Å². The topological polar surface area (TPSA) is 60.4 Å². The van der Waals surface area contributed by atoms with Gasteiger partial charge >= 0.3 is 33.4 Å². The van der Waals surface area contributed by atoms with Crippen molar-refractivity contribution in [2.75, 3.05) is 0 Å². The third-order valence-corrected chi connectivity index (χ3v) is 3.50. The summed E-state index contributed by atoms with van der Waals surface area (Å²) in [7, 11) is -7.33. The molecule has 4 nitrogen and oxygen atoms in total. The van der Waals surface area contributed by atoms with Crippen LogP contribution in [0.3, 0.4) is 0 Å². The molecule has 0 saturated heterocycles. The first-order valence-electron chi connectivity index (χ1n) is 5.74. The Hall–Kier alpha value is -1.90. The maximum Gasteiger partial charge on any atom is 0.460 e. The van der Waals surface area contributed by atoms with E-state index in [1.165, 1.54) is 4.39 Å². The lowest BCUT2D eigenvalue weighted by atomic mass is 10.1. The van der Waals surface area contributed by atoms with E-state index in [-0.39, 0.29) is 0 Å². The minimum atomic E-state index is -7.48. The molecule has 26 heavy (non-hydrogen) atoms. The summed E-state index contributed by atoms with van der Waals surface area (Å²) < 4.78 is 140. The average Bonchev–Trinajstić information content (AvgIpc) is 2.54. The summed E-state index contributed by atoms with van der Waals surface area (Å²) in [6.07, 6.45) is -6.37. The maximum atomic E-state index is 12.3.